The van der Waals surface area contributed by atoms with Gasteiger partial charge in [-0.15, -0.1) is 0 Å². The summed E-state index contributed by atoms with van der Waals surface area (Å²) in [5.74, 6) is -2.88. The summed E-state index contributed by atoms with van der Waals surface area (Å²) in [6.07, 6.45) is 13.4. The lowest BCUT2D eigenvalue weighted by atomic mass is 9.80. The first-order valence-electron chi connectivity index (χ1n) is 21.8. The molecule has 62 heavy (non-hydrogen) atoms. The monoisotopic (exact) mass is 848 g/mol. The smallest absolute Gasteiger partial charge is 0.324 e. The van der Waals surface area contributed by atoms with Crippen LogP contribution >= 0.6 is 0 Å². The van der Waals surface area contributed by atoms with Crippen molar-refractivity contribution in [2.75, 3.05) is 33.3 Å². The van der Waals surface area contributed by atoms with Crippen LogP contribution in [0.1, 0.15) is 87.7 Å². The number of phenols is 1. The van der Waals surface area contributed by atoms with Crippen LogP contribution in [-0.4, -0.2) is 115 Å². The van der Waals surface area contributed by atoms with Gasteiger partial charge in [0.05, 0.1) is 18.2 Å². The number of esters is 1. The van der Waals surface area contributed by atoms with Gasteiger partial charge in [-0.2, -0.15) is 0 Å². The lowest BCUT2D eigenvalue weighted by Crippen LogP contribution is -2.62. The SMILES string of the molecule is C=CC(=O)N1CC[C@H](C(=O)N(C)[C@H](C(=O)N[C@H]2Cc3cc(O)cc(c3)C3C=Cc4c(c(c(-c5cncnc5)n4CC)CC(C)(C)COC(=O)[C@@H]4CCCN(N4)C2=O)C3)C(C)C)C1. The Balaban J connectivity index is 1.25. The largest absolute Gasteiger partial charge is 0.508 e. The molecule has 15 heteroatoms. The van der Waals surface area contributed by atoms with Crippen molar-refractivity contribution in [2.24, 2.45) is 17.3 Å². The highest BCUT2D eigenvalue weighted by molar-refractivity contribution is 5.93. The maximum Gasteiger partial charge on any atom is 0.324 e. The minimum atomic E-state index is -1.14. The zero-order chi connectivity index (χ0) is 44.5. The fourth-order valence-corrected chi connectivity index (χ4v) is 9.72. The molecule has 4 amide bonds. The molecule has 2 saturated heterocycles. The van der Waals surface area contributed by atoms with Gasteiger partial charge in [-0.3, -0.25) is 29.0 Å². The summed E-state index contributed by atoms with van der Waals surface area (Å²) < 4.78 is 8.34. The normalized spacial score (nSPS) is 23.0. The molecule has 6 bridgehead atoms. The number of hydrazine groups is 1. The summed E-state index contributed by atoms with van der Waals surface area (Å²) in [6, 6.07) is 2.47. The van der Waals surface area contributed by atoms with Gasteiger partial charge in [-0.1, -0.05) is 46.4 Å². The van der Waals surface area contributed by atoms with Gasteiger partial charge in [0.1, 0.15) is 30.2 Å². The minimum absolute atomic E-state index is 0.0223. The maximum atomic E-state index is 14.6. The van der Waals surface area contributed by atoms with Crippen molar-refractivity contribution in [3.8, 4) is 17.0 Å². The molecule has 3 N–H and O–H groups in total. The van der Waals surface area contributed by atoms with Gasteiger partial charge in [0.2, 0.25) is 17.7 Å². The third-order valence-electron chi connectivity index (χ3n) is 12.7. The van der Waals surface area contributed by atoms with Crippen LogP contribution in [-0.2, 0) is 54.5 Å². The van der Waals surface area contributed by atoms with E-state index in [-0.39, 0.29) is 55.5 Å². The summed E-state index contributed by atoms with van der Waals surface area (Å²) in [5.41, 5.74) is 9.39. The van der Waals surface area contributed by atoms with Gasteiger partial charge in [0.15, 0.2) is 0 Å². The first-order chi connectivity index (χ1) is 29.6. The molecule has 4 aliphatic rings. The van der Waals surface area contributed by atoms with Crippen LogP contribution in [0, 0.1) is 17.3 Å². The number of aromatic hydroxyl groups is 1. The molecule has 5 heterocycles. The number of phenolic OH excluding ortho intramolecular Hbond substituents is 1. The van der Waals surface area contributed by atoms with Gasteiger partial charge in [0, 0.05) is 74.6 Å². The van der Waals surface area contributed by atoms with Gasteiger partial charge >= 0.3 is 5.97 Å². The Morgan fingerprint density at radius 2 is 1.85 bits per heavy atom. The van der Waals surface area contributed by atoms with Gasteiger partial charge in [0.25, 0.3) is 5.91 Å². The molecule has 1 aliphatic carbocycles. The second-order valence-electron chi connectivity index (χ2n) is 18.3. The summed E-state index contributed by atoms with van der Waals surface area (Å²) in [7, 11) is 1.58. The van der Waals surface area contributed by atoms with Crippen molar-refractivity contribution in [1.82, 2.24) is 40.1 Å². The van der Waals surface area contributed by atoms with Gasteiger partial charge < -0.3 is 29.5 Å². The molecule has 1 aromatic carbocycles. The number of allylic oxidation sites excluding steroid dienone is 1. The standard InChI is InChI=1S/C47H60N8O7/c1-8-40(57)53-16-14-31(25-53)44(59)52(7)41(28(3)4)43(58)50-38-19-29-17-32(20-34(56)18-29)30-12-13-39-35(21-30)36(42(54(39)9-2)33-23-48-27-49-24-33)22-47(5,6)26-62-46(61)37-11-10-15-55(51-37)45(38)60/h8,12-13,17-18,20,23-24,27-28,30-31,37-38,41,51,56H,1,9-11,14-16,19,21-22,25-26H2,2-7H3,(H,50,58)/t30?,31-,37-,38-,41-/m0/s1. The van der Waals surface area contributed by atoms with E-state index in [1.54, 1.807) is 24.1 Å². The van der Waals surface area contributed by atoms with Crippen LogP contribution in [0.25, 0.3) is 17.3 Å². The molecule has 3 aliphatic heterocycles. The van der Waals surface area contributed by atoms with Crippen LogP contribution in [0.2, 0.25) is 0 Å². The van der Waals surface area contributed by atoms with E-state index >= 15 is 0 Å². The predicted octanol–water partition coefficient (Wildman–Crippen LogP) is 4.19. The second kappa shape index (κ2) is 18.3. The van der Waals surface area contributed by atoms with Crippen molar-refractivity contribution in [1.29, 1.82) is 0 Å². The van der Waals surface area contributed by atoms with Crippen molar-refractivity contribution >= 4 is 35.7 Å². The fourth-order valence-electron chi connectivity index (χ4n) is 9.72. The highest BCUT2D eigenvalue weighted by Gasteiger charge is 2.40. The van der Waals surface area contributed by atoms with Crippen molar-refractivity contribution < 1.29 is 33.8 Å². The molecular formula is C47H60N8O7. The lowest BCUT2D eigenvalue weighted by Gasteiger charge is -2.37. The average molecular weight is 849 g/mol. The van der Waals surface area contributed by atoms with E-state index in [1.807, 2.05) is 32.3 Å². The molecule has 0 radical (unpaired) electrons. The number of hydrogen-bond acceptors (Lipinski definition) is 10. The number of fused-ring (bicyclic) bond motifs is 6. The Morgan fingerprint density at radius 1 is 1.10 bits per heavy atom. The quantitative estimate of drug-likeness (QED) is 0.220. The Hall–Kier alpha value is -5.83. The number of carbonyl (C=O) groups excluding carboxylic acids is 5. The van der Waals surface area contributed by atoms with Gasteiger partial charge in [-0.05, 0) is 91.5 Å². The first kappa shape index (κ1) is 44.2. The summed E-state index contributed by atoms with van der Waals surface area (Å²) in [4.78, 5) is 80.7. The molecule has 330 valence electrons. The lowest BCUT2D eigenvalue weighted by molar-refractivity contribution is -0.155. The molecular weight excluding hydrogens is 789 g/mol. The van der Waals surface area contributed by atoms with E-state index in [2.05, 4.69) is 64.8 Å². The third-order valence-corrected chi connectivity index (χ3v) is 12.7. The van der Waals surface area contributed by atoms with Crippen molar-refractivity contribution in [2.45, 2.75) is 104 Å². The first-order valence-corrected chi connectivity index (χ1v) is 21.8. The molecule has 7 rings (SSSR count). The molecule has 15 nitrogen and oxygen atoms in total. The summed E-state index contributed by atoms with van der Waals surface area (Å²) in [6.45, 7) is 15.3. The van der Waals surface area contributed by atoms with E-state index in [4.69, 9.17) is 4.74 Å². The highest BCUT2D eigenvalue weighted by atomic mass is 16.5. The van der Waals surface area contributed by atoms with E-state index in [1.165, 1.54) is 22.3 Å². The Morgan fingerprint density at radius 3 is 2.56 bits per heavy atom. The zero-order valence-electron chi connectivity index (χ0n) is 36.7. The van der Waals surface area contributed by atoms with Crippen LogP contribution in [0.4, 0.5) is 0 Å². The number of aromatic nitrogens is 3. The number of cyclic esters (lactones) is 1. The van der Waals surface area contributed by atoms with E-state index in [0.29, 0.717) is 50.8 Å². The van der Waals surface area contributed by atoms with Crippen LogP contribution in [0.3, 0.4) is 0 Å². The average Bonchev–Trinajstić information content (AvgIpc) is 3.87. The fraction of sp³-hybridized carbons (Fsp3) is 0.511. The number of nitrogens with zero attached hydrogens (tertiary/aromatic N) is 6. The molecule has 3 aromatic rings. The molecule has 0 saturated carbocycles. The van der Waals surface area contributed by atoms with Crippen molar-refractivity contribution in [3.63, 3.8) is 0 Å². The van der Waals surface area contributed by atoms with E-state index < -0.39 is 47.2 Å². The van der Waals surface area contributed by atoms with Crippen molar-refractivity contribution in [3.05, 3.63) is 83.6 Å². The highest BCUT2D eigenvalue weighted by Crippen LogP contribution is 2.42. The van der Waals surface area contributed by atoms with Crippen LogP contribution in [0.5, 0.6) is 5.75 Å². The molecule has 0 spiro atoms. The van der Waals surface area contributed by atoms with Gasteiger partial charge in [-0.25, -0.2) is 15.4 Å². The number of nitrogens with one attached hydrogen (secondary N) is 2. The number of rotatable bonds is 8. The Labute approximate surface area is 363 Å². The number of carbonyl (C=O) groups is 5. The van der Waals surface area contributed by atoms with E-state index in [9.17, 15) is 29.1 Å². The Kier molecular flexibility index (Phi) is 13.0. The molecule has 2 fully saturated rings. The molecule has 5 atom stereocenters. The topological polar surface area (TPSA) is 179 Å². The summed E-state index contributed by atoms with van der Waals surface area (Å²) in [5, 5.41) is 15.6. The zero-order valence-corrected chi connectivity index (χ0v) is 36.7. The van der Waals surface area contributed by atoms with Crippen LogP contribution in [0.15, 0.2) is 55.7 Å². The number of amides is 4. The summed E-state index contributed by atoms with van der Waals surface area (Å²) >= 11 is 0. The predicted molar refractivity (Wildman–Crippen MR) is 233 cm³/mol. The van der Waals surface area contributed by atoms with E-state index in [0.717, 1.165) is 33.6 Å². The molecule has 1 unspecified atom stereocenters. The number of benzene rings is 1. The second-order valence-corrected chi connectivity index (χ2v) is 18.3. The Bertz CT molecular complexity index is 2250. The number of ether oxygens (including phenoxy) is 1. The molecule has 2 aromatic heterocycles. The maximum absolute atomic E-state index is 14.6. The minimum Gasteiger partial charge on any atom is -0.508 e. The number of likely N-dealkylation sites (tertiary alicyclic amines) is 1. The number of likely N-dealkylation sites (N-methyl/N-ethyl adjacent to an activating group) is 1. The van der Waals surface area contributed by atoms with Crippen LogP contribution < -0.4 is 10.7 Å². The number of hydrogen-bond donors (Lipinski definition) is 3. The third kappa shape index (κ3) is 9.18.